The zero-order chi connectivity index (χ0) is 20.1. The van der Waals surface area contributed by atoms with Crippen molar-refractivity contribution in [2.24, 2.45) is 0 Å². The molecule has 1 aliphatic heterocycles. The average molecular weight is 385 g/mol. The van der Waals surface area contributed by atoms with E-state index in [1.807, 2.05) is 32.0 Å². The van der Waals surface area contributed by atoms with E-state index in [0.717, 1.165) is 47.9 Å². The number of hydrogen-bond acceptors (Lipinski definition) is 3. The van der Waals surface area contributed by atoms with Crippen molar-refractivity contribution in [2.45, 2.75) is 13.8 Å². The van der Waals surface area contributed by atoms with E-state index in [-0.39, 0.29) is 18.3 Å². The van der Waals surface area contributed by atoms with E-state index in [1.54, 1.807) is 12.1 Å². The van der Waals surface area contributed by atoms with Crippen LogP contribution in [0.2, 0.25) is 0 Å². The summed E-state index contributed by atoms with van der Waals surface area (Å²) in [7, 11) is 0. The lowest BCUT2D eigenvalue weighted by atomic mass is 10.1. The Morgan fingerprint density at radius 3 is 2.43 bits per heavy atom. The molecule has 28 heavy (non-hydrogen) atoms. The second-order valence-electron chi connectivity index (χ2n) is 7.14. The maximum absolute atomic E-state index is 13.0. The summed E-state index contributed by atoms with van der Waals surface area (Å²) < 4.78 is 13.0. The van der Waals surface area contributed by atoms with Crippen molar-refractivity contribution in [3.8, 4) is 0 Å². The van der Waals surface area contributed by atoms with Gasteiger partial charge < -0.3 is 15.1 Å². The zero-order valence-electron chi connectivity index (χ0n) is 16.2. The molecule has 1 heterocycles. The van der Waals surface area contributed by atoms with E-state index in [1.165, 1.54) is 12.1 Å². The molecular formula is C21H26FN4O2+. The first-order valence-corrected chi connectivity index (χ1v) is 9.43. The summed E-state index contributed by atoms with van der Waals surface area (Å²) in [5.41, 5.74) is 3.74. The molecule has 0 atom stereocenters. The molecule has 3 N–H and O–H groups in total. The molecule has 1 saturated heterocycles. The van der Waals surface area contributed by atoms with Crippen LogP contribution in [0.15, 0.2) is 42.5 Å². The van der Waals surface area contributed by atoms with Crippen molar-refractivity contribution >= 4 is 23.3 Å². The van der Waals surface area contributed by atoms with Gasteiger partial charge in [0, 0.05) is 11.4 Å². The number of carbonyl (C=O) groups excluding carboxylic acids is 2. The minimum atomic E-state index is -0.511. The lowest BCUT2D eigenvalue weighted by Crippen LogP contribution is -3.16. The number of benzene rings is 2. The molecule has 0 unspecified atom stereocenters. The first-order valence-electron chi connectivity index (χ1n) is 9.43. The normalized spacial score (nSPS) is 14.6. The summed E-state index contributed by atoms with van der Waals surface area (Å²) in [4.78, 5) is 27.6. The number of urea groups is 1. The summed E-state index contributed by atoms with van der Waals surface area (Å²) in [6.07, 6.45) is 0. The smallest absolute Gasteiger partial charge is 0.326 e. The number of quaternary nitrogens is 1. The van der Waals surface area contributed by atoms with Crippen molar-refractivity contribution in [3.05, 3.63) is 59.4 Å². The Bertz CT molecular complexity index is 846. The first-order chi connectivity index (χ1) is 13.4. The van der Waals surface area contributed by atoms with Gasteiger partial charge in [0.05, 0.1) is 26.2 Å². The summed E-state index contributed by atoms with van der Waals surface area (Å²) in [6.45, 7) is 7.27. The number of carbonyl (C=O) groups is 2. The van der Waals surface area contributed by atoms with Crippen molar-refractivity contribution in [3.63, 3.8) is 0 Å². The Morgan fingerprint density at radius 2 is 1.75 bits per heavy atom. The van der Waals surface area contributed by atoms with Crippen LogP contribution in [0.5, 0.6) is 0 Å². The fraction of sp³-hybridized carbons (Fsp3) is 0.333. The van der Waals surface area contributed by atoms with Gasteiger partial charge >= 0.3 is 6.03 Å². The maximum atomic E-state index is 13.0. The van der Waals surface area contributed by atoms with E-state index in [0.29, 0.717) is 5.69 Å². The zero-order valence-corrected chi connectivity index (χ0v) is 16.2. The predicted octanol–water partition coefficient (Wildman–Crippen LogP) is 1.50. The van der Waals surface area contributed by atoms with E-state index >= 15 is 0 Å². The number of imide groups is 1. The number of aryl methyl sites for hydroxylation is 1. The van der Waals surface area contributed by atoms with Crippen LogP contribution in [0, 0.1) is 19.7 Å². The third kappa shape index (κ3) is 5.07. The lowest BCUT2D eigenvalue weighted by Gasteiger charge is -2.33. The van der Waals surface area contributed by atoms with Crippen LogP contribution >= 0.6 is 0 Å². The minimum absolute atomic E-state index is 0.246. The number of halogens is 1. The van der Waals surface area contributed by atoms with E-state index < -0.39 is 6.03 Å². The van der Waals surface area contributed by atoms with Gasteiger partial charge in [-0.15, -0.1) is 0 Å². The van der Waals surface area contributed by atoms with Crippen LogP contribution in [0.4, 0.5) is 20.6 Å². The molecule has 1 fully saturated rings. The molecule has 6 nitrogen and oxygen atoms in total. The van der Waals surface area contributed by atoms with Gasteiger partial charge in [0.1, 0.15) is 5.82 Å². The van der Waals surface area contributed by atoms with E-state index in [9.17, 15) is 14.0 Å². The van der Waals surface area contributed by atoms with Gasteiger partial charge in [0.15, 0.2) is 6.54 Å². The summed E-state index contributed by atoms with van der Waals surface area (Å²) in [5.74, 6) is -0.545. The van der Waals surface area contributed by atoms with Gasteiger partial charge in [-0.3, -0.25) is 10.1 Å². The number of hydrogen-bond donors (Lipinski definition) is 3. The Kier molecular flexibility index (Phi) is 6.26. The van der Waals surface area contributed by atoms with Gasteiger partial charge in [0.25, 0.3) is 5.91 Å². The van der Waals surface area contributed by atoms with E-state index in [4.69, 9.17) is 0 Å². The Morgan fingerprint density at radius 1 is 1.07 bits per heavy atom. The molecule has 0 aliphatic carbocycles. The average Bonchev–Trinajstić information content (AvgIpc) is 2.66. The Labute approximate surface area is 164 Å². The second-order valence-corrected chi connectivity index (χ2v) is 7.14. The third-order valence-corrected chi connectivity index (χ3v) is 5.18. The standard InChI is InChI=1S/C21H25FN4O2/c1-15-4-3-5-19(16(15)2)23-21(28)24-20(27)14-25-10-12-26(13-11-25)18-8-6-17(22)7-9-18/h3-9H,10-14H2,1-2H3,(H2,23,24,27,28)/p+1. The van der Waals surface area contributed by atoms with Gasteiger partial charge in [0.2, 0.25) is 0 Å². The minimum Gasteiger partial charge on any atom is -0.360 e. The number of nitrogens with zero attached hydrogens (tertiary/aromatic N) is 1. The molecule has 0 bridgehead atoms. The van der Waals surface area contributed by atoms with Gasteiger partial charge in [-0.05, 0) is 55.3 Å². The largest absolute Gasteiger partial charge is 0.360 e. The highest BCUT2D eigenvalue weighted by Gasteiger charge is 2.23. The van der Waals surface area contributed by atoms with Crippen molar-refractivity contribution in [1.82, 2.24) is 5.32 Å². The molecule has 3 amide bonds. The molecule has 1 aliphatic rings. The molecule has 0 spiro atoms. The topological polar surface area (TPSA) is 65.9 Å². The van der Waals surface area contributed by atoms with Crippen LogP contribution < -0.4 is 20.4 Å². The molecule has 2 aromatic rings. The highest BCUT2D eigenvalue weighted by atomic mass is 19.1. The van der Waals surface area contributed by atoms with Crippen molar-refractivity contribution in [2.75, 3.05) is 42.9 Å². The van der Waals surface area contributed by atoms with E-state index in [2.05, 4.69) is 15.5 Å². The second kappa shape index (κ2) is 8.84. The molecule has 2 aromatic carbocycles. The summed E-state index contributed by atoms with van der Waals surface area (Å²) in [6, 6.07) is 11.6. The summed E-state index contributed by atoms with van der Waals surface area (Å²) >= 11 is 0. The highest BCUT2D eigenvalue weighted by molar-refractivity contribution is 6.01. The Hall–Kier alpha value is -2.93. The molecule has 0 radical (unpaired) electrons. The fourth-order valence-electron chi connectivity index (χ4n) is 3.35. The molecule has 0 saturated carbocycles. The van der Waals surface area contributed by atoms with Crippen LogP contribution in [-0.2, 0) is 4.79 Å². The van der Waals surface area contributed by atoms with Gasteiger partial charge in [-0.25, -0.2) is 9.18 Å². The number of amides is 3. The molecule has 7 heteroatoms. The number of nitrogens with one attached hydrogen (secondary N) is 3. The maximum Gasteiger partial charge on any atom is 0.326 e. The van der Waals surface area contributed by atoms with Crippen LogP contribution in [-0.4, -0.2) is 44.7 Å². The number of piperazine rings is 1. The number of rotatable bonds is 4. The highest BCUT2D eigenvalue weighted by Crippen LogP contribution is 2.17. The molecular weight excluding hydrogens is 359 g/mol. The predicted molar refractivity (Wildman–Crippen MR) is 107 cm³/mol. The van der Waals surface area contributed by atoms with Crippen molar-refractivity contribution < 1.29 is 18.9 Å². The van der Waals surface area contributed by atoms with Gasteiger partial charge in [-0.1, -0.05) is 12.1 Å². The summed E-state index contributed by atoms with van der Waals surface area (Å²) in [5, 5.41) is 5.14. The molecule has 0 aromatic heterocycles. The fourth-order valence-corrected chi connectivity index (χ4v) is 3.35. The quantitative estimate of drug-likeness (QED) is 0.747. The van der Waals surface area contributed by atoms with Gasteiger partial charge in [-0.2, -0.15) is 0 Å². The SMILES string of the molecule is Cc1cccc(NC(=O)NC(=O)C[NH+]2CCN(c3ccc(F)cc3)CC2)c1C. The monoisotopic (exact) mass is 385 g/mol. The lowest BCUT2D eigenvalue weighted by molar-refractivity contribution is -0.892. The van der Waals surface area contributed by atoms with Crippen molar-refractivity contribution in [1.29, 1.82) is 0 Å². The van der Waals surface area contributed by atoms with Crippen LogP contribution in [0.3, 0.4) is 0 Å². The third-order valence-electron chi connectivity index (χ3n) is 5.18. The van der Waals surface area contributed by atoms with Crippen LogP contribution in [0.1, 0.15) is 11.1 Å². The van der Waals surface area contributed by atoms with Crippen LogP contribution in [0.25, 0.3) is 0 Å². The first kappa shape index (κ1) is 19.8. The Balaban J connectivity index is 1.44. The molecule has 3 rings (SSSR count). The molecule has 148 valence electrons. The number of anilines is 2.